The van der Waals surface area contributed by atoms with Gasteiger partial charge in [-0.15, -0.1) is 26.5 Å². The molecule has 14 rings (SSSR count). The van der Waals surface area contributed by atoms with Gasteiger partial charge < -0.3 is 19.4 Å². The fraction of sp³-hybridized carbons (Fsp3) is 0.0244. The van der Waals surface area contributed by atoms with Gasteiger partial charge in [0.1, 0.15) is 146 Å². The van der Waals surface area contributed by atoms with Crippen molar-refractivity contribution in [3.05, 3.63) is 269 Å². The van der Waals surface area contributed by atoms with Gasteiger partial charge in [-0.3, -0.25) is 0 Å². The van der Waals surface area contributed by atoms with Gasteiger partial charge in [0, 0.05) is 16.0 Å². The van der Waals surface area contributed by atoms with E-state index in [1.54, 1.807) is 72.8 Å². The SMILES string of the molecule is N#CC(C#N)=c1ccc2cc(=C(C#N)C#N)ccc2c1.[C-]#[N+]C(=C1C(=C(C#N)c2c(F)c(F)c(C#N)c(F)c2F)C1=C(C#N)c1c(F)c(F)c([N+]#[C-])c(F)c1F)c1c(F)c(F)c(C#N)c(F)c1F.[C-]#[N+]C1=NC(C#N)=NC2C1=c1nc([N+]#[C-])nc(C#N)c1=C1N=C(C#N)N=C(C#N)C12.[C-]#[N+]c1nc2c(nc1C#N)c1nc(C#N)c(C#N)nc1c1nc(C#N)c([N+]#[C-])nc12. The Morgan fingerprint density at radius 1 is 0.352 bits per heavy atom. The third kappa shape index (κ3) is 14.3. The second-order valence-electron chi connectivity index (χ2n) is 24.1. The molecule has 6 aromatic carbocycles. The van der Waals surface area contributed by atoms with Crippen LogP contribution in [0.4, 0.5) is 76.0 Å². The molecule has 128 heavy (non-hydrogen) atoms. The first-order valence-corrected chi connectivity index (χ1v) is 33.1. The third-order valence-electron chi connectivity index (χ3n) is 17.8. The highest BCUT2D eigenvalue weighted by Crippen LogP contribution is 2.58. The van der Waals surface area contributed by atoms with Crippen LogP contribution in [0.3, 0.4) is 0 Å². The number of nitriles is 16. The normalized spacial score (nSPS) is 14.0. The van der Waals surface area contributed by atoms with Crippen LogP contribution in [0.2, 0.25) is 0 Å². The lowest BCUT2D eigenvalue weighted by Gasteiger charge is -2.30. The summed E-state index contributed by atoms with van der Waals surface area (Å²) in [6, 6.07) is 34.5. The molecule has 590 valence electrons. The monoisotopic (exact) mass is 1700 g/mol. The molecule has 0 saturated heterocycles. The van der Waals surface area contributed by atoms with Gasteiger partial charge in [0.15, 0.2) is 98.7 Å². The van der Waals surface area contributed by atoms with Crippen molar-refractivity contribution >= 4 is 130 Å². The van der Waals surface area contributed by atoms with Crippen LogP contribution in [0.25, 0.3) is 112 Å². The van der Waals surface area contributed by atoms with Gasteiger partial charge >= 0.3 is 23.4 Å². The fourth-order valence-corrected chi connectivity index (χ4v) is 12.4. The summed E-state index contributed by atoms with van der Waals surface area (Å²) in [5, 5.41) is 151. The number of nitrogens with zero attached hydrogens (tertiary/aromatic N) is 34. The summed E-state index contributed by atoms with van der Waals surface area (Å²) in [7, 11) is 0. The van der Waals surface area contributed by atoms with E-state index in [2.05, 4.69) is 88.9 Å². The van der Waals surface area contributed by atoms with Crippen molar-refractivity contribution in [2.75, 3.05) is 0 Å². The van der Waals surface area contributed by atoms with Crippen molar-refractivity contribution in [1.29, 1.82) is 84.2 Å². The molecular weight excluding hydrogens is 1690 g/mol. The summed E-state index contributed by atoms with van der Waals surface area (Å²) in [5.74, 6) is -32.5. The Morgan fingerprint density at radius 3 is 1.11 bits per heavy atom. The third-order valence-corrected chi connectivity index (χ3v) is 17.8. The zero-order valence-electron chi connectivity index (χ0n) is 61.4. The summed E-state index contributed by atoms with van der Waals surface area (Å²) in [4.78, 5) is 66.7. The molecule has 1 fully saturated rings. The first kappa shape index (κ1) is 86.8. The molecule has 2 aliphatic heterocycles. The highest BCUT2D eigenvalue weighted by Gasteiger charge is 2.48. The molecule has 0 N–H and O–H groups in total. The molecule has 2 atom stereocenters. The van der Waals surface area contributed by atoms with E-state index >= 15 is 26.3 Å². The summed E-state index contributed by atoms with van der Waals surface area (Å²) >= 11 is 0. The molecule has 46 heteroatoms. The van der Waals surface area contributed by atoms with E-state index in [-0.39, 0.29) is 135 Å². The Hall–Kier alpha value is -22.0. The first-order valence-electron chi connectivity index (χ1n) is 33.1. The van der Waals surface area contributed by atoms with E-state index in [0.717, 1.165) is 35.0 Å². The molecule has 1 saturated carbocycles. The van der Waals surface area contributed by atoms with Crippen molar-refractivity contribution in [3.8, 4) is 97.1 Å². The number of halogens is 12. The minimum atomic E-state index is -2.52. The van der Waals surface area contributed by atoms with Crippen molar-refractivity contribution in [2.24, 2.45) is 25.9 Å². The minimum absolute atomic E-state index is 0.00714. The molecule has 0 amide bonds. The maximum atomic E-state index is 15.0. The van der Waals surface area contributed by atoms with Crippen molar-refractivity contribution < 1.29 is 52.7 Å². The summed E-state index contributed by atoms with van der Waals surface area (Å²) in [6.07, 6.45) is 0. The Labute approximate surface area is 701 Å². The number of amidine groups is 3. The topological polar surface area (TPSA) is 559 Å². The molecule has 4 aliphatic rings. The van der Waals surface area contributed by atoms with Crippen LogP contribution in [-0.4, -0.2) is 69.1 Å². The van der Waals surface area contributed by atoms with Gasteiger partial charge in [0.25, 0.3) is 11.5 Å². The Bertz CT molecular complexity index is 7840. The smallest absolute Gasteiger partial charge is 0.373 e. The largest absolute Gasteiger partial charge is 0.394 e. The average Bonchev–Trinajstić information content (AvgIpc) is 1.49. The molecule has 4 aromatic heterocycles. The second kappa shape index (κ2) is 35.1. The van der Waals surface area contributed by atoms with E-state index in [1.165, 1.54) is 0 Å². The predicted octanol–water partition coefficient (Wildman–Crippen LogP) is 10.9. The summed E-state index contributed by atoms with van der Waals surface area (Å²) < 4.78 is 177. The van der Waals surface area contributed by atoms with Gasteiger partial charge in [-0.1, -0.05) is 49.0 Å². The number of allylic oxidation sites excluding steroid dienone is 5. The van der Waals surface area contributed by atoms with Gasteiger partial charge in [0.2, 0.25) is 28.3 Å². The lowest BCUT2D eigenvalue weighted by Crippen LogP contribution is -2.50. The van der Waals surface area contributed by atoms with E-state index in [0.29, 0.717) is 10.4 Å². The van der Waals surface area contributed by atoms with Gasteiger partial charge in [-0.25, -0.2) is 97.3 Å². The number of hydrogen-bond donors (Lipinski definition) is 0. The zero-order valence-corrected chi connectivity index (χ0v) is 61.4. The summed E-state index contributed by atoms with van der Waals surface area (Å²) in [6.45, 7) is 43.3. The van der Waals surface area contributed by atoms with Crippen LogP contribution in [0.5, 0.6) is 0 Å². The Balaban J connectivity index is 0.000000173. The van der Waals surface area contributed by atoms with Crippen LogP contribution >= 0.6 is 0 Å². The minimum Gasteiger partial charge on any atom is -0.394 e. The molecule has 2 aliphatic carbocycles. The Kier molecular flexibility index (Phi) is 23.8. The van der Waals surface area contributed by atoms with E-state index in [4.69, 9.17) is 71.0 Å². The number of aromatic nitrogens is 8. The number of rotatable bonds is 3. The molecule has 0 spiro atoms. The van der Waals surface area contributed by atoms with Crippen LogP contribution in [0.15, 0.2) is 73.1 Å². The number of aliphatic imine (C=N–C) groups is 4. The maximum Gasteiger partial charge on any atom is 0.373 e. The van der Waals surface area contributed by atoms with Crippen molar-refractivity contribution in [1.82, 2.24) is 39.9 Å². The quantitative estimate of drug-likeness (QED) is 0.0521. The lowest BCUT2D eigenvalue weighted by atomic mass is 9.80. The van der Waals surface area contributed by atoms with Gasteiger partial charge in [-0.05, 0) is 39.6 Å². The molecule has 0 bridgehead atoms. The number of fused-ring (bicyclic) bond motifs is 11. The number of benzene rings is 6. The first-order chi connectivity index (χ1) is 61.5. The van der Waals surface area contributed by atoms with Gasteiger partial charge in [0.05, 0.1) is 63.9 Å². The number of hydrogen-bond acceptors (Lipinski definition) is 28. The van der Waals surface area contributed by atoms with Gasteiger partial charge in [-0.2, -0.15) is 84.2 Å². The highest BCUT2D eigenvalue weighted by atomic mass is 19.2. The van der Waals surface area contributed by atoms with Crippen molar-refractivity contribution in [3.63, 3.8) is 0 Å². The molecule has 0 radical (unpaired) electrons. The average molecular weight is 1700 g/mol. The second-order valence-corrected chi connectivity index (χ2v) is 24.1. The van der Waals surface area contributed by atoms with E-state index < -0.39 is 149 Å². The van der Waals surface area contributed by atoms with Crippen LogP contribution in [0.1, 0.15) is 56.3 Å². The molecule has 6 heterocycles. The maximum absolute atomic E-state index is 15.0. The Morgan fingerprint density at radius 2 is 0.758 bits per heavy atom. The van der Waals surface area contributed by atoms with E-state index in [1.807, 2.05) is 36.4 Å². The van der Waals surface area contributed by atoms with Crippen LogP contribution in [-0.2, 0) is 0 Å². The molecule has 34 nitrogen and oxygen atoms in total. The van der Waals surface area contributed by atoms with Crippen LogP contribution in [0, 0.1) is 296 Å². The highest BCUT2D eigenvalue weighted by molar-refractivity contribution is 6.32. The summed E-state index contributed by atoms with van der Waals surface area (Å²) in [5.41, 5.74) is -22.6. The molecule has 10 aromatic rings. The van der Waals surface area contributed by atoms with Crippen molar-refractivity contribution in [2.45, 2.75) is 6.04 Å². The molecule has 2 unspecified atom stereocenters. The molecular formula is C82H8F12N34. The van der Waals surface area contributed by atoms with E-state index in [9.17, 15) is 79.0 Å². The standard InChI is InChI=1S/C30F12N6.C18H2N12.C18N12.C16H6N4/c1-47-29(16-25(39)19(33)10(6-46)20(34)26(16)40)15-11(7(3-43)13-21(35)17(31)9(5-45)18(32)22(13)36)12(15)8(4-44)14-23(37)27(41)30(48-2)28(42)24(14)38;1-23-17-13-15(28-10(6-22)29-17)11-7(3-19)25-9(5-21)27-14(11)12-8(4-20)26-18(24-2)30-16(12)13;1-23-17-9(5-21)27-13-11-12(26-8(4-20)7(3-19)25-11)14-16(15(13)29-17)30-18(24-2)10(6-22)28-14;17-7-15(8-18)13-3-1-11-5-14(16(9-19)10-20)4-2-12(11)6-13/h;11,15H;;1-6H. The fourth-order valence-electron chi connectivity index (χ4n) is 12.4. The zero-order chi connectivity index (χ0) is 93.5. The lowest BCUT2D eigenvalue weighted by molar-refractivity contribution is 0.446. The van der Waals surface area contributed by atoms with Crippen LogP contribution < -0.4 is 21.0 Å². The predicted molar refractivity (Wildman–Crippen MR) is 402 cm³/mol.